The van der Waals surface area contributed by atoms with Gasteiger partial charge in [0.1, 0.15) is 4.32 Å². The first-order valence-corrected chi connectivity index (χ1v) is 4.13. The molecule has 0 aliphatic carbocycles. The van der Waals surface area contributed by atoms with E-state index in [1.54, 1.807) is 0 Å². The Bertz CT molecular complexity index is 152. The molecule has 0 unspecified atom stereocenters. The van der Waals surface area contributed by atoms with Gasteiger partial charge in [-0.3, -0.25) is 0 Å². The fraction of sp³-hybridized carbons (Fsp3) is 1.00. The van der Waals surface area contributed by atoms with Gasteiger partial charge < -0.3 is 14.6 Å². The van der Waals surface area contributed by atoms with Crippen molar-refractivity contribution >= 4 is 15.9 Å². The van der Waals surface area contributed by atoms with Gasteiger partial charge in [0.25, 0.3) is 0 Å². The van der Waals surface area contributed by atoms with Crippen molar-refractivity contribution in [2.24, 2.45) is 0 Å². The number of aliphatic hydroxyl groups is 1. The number of alkyl halides is 1. The maximum atomic E-state index is 9.41. The molecule has 2 heterocycles. The second-order valence-corrected chi connectivity index (χ2v) is 4.21. The summed E-state index contributed by atoms with van der Waals surface area (Å²) in [4.78, 5) is 0. The van der Waals surface area contributed by atoms with Crippen molar-refractivity contribution in [2.75, 3.05) is 13.2 Å². The largest absolute Gasteiger partial charge is 0.389 e. The molecule has 4 heteroatoms. The van der Waals surface area contributed by atoms with Gasteiger partial charge in [-0.2, -0.15) is 0 Å². The number of hydrogen-bond acceptors (Lipinski definition) is 3. The number of halogens is 1. The molecule has 2 rings (SSSR count). The first-order chi connectivity index (χ1) is 4.73. The SMILES string of the molecule is O[C@H]1CO[C@@H]2OCC[C@@]21Br. The summed E-state index contributed by atoms with van der Waals surface area (Å²) >= 11 is 3.44. The second-order valence-electron chi connectivity index (χ2n) is 2.73. The number of hydrogen-bond donors (Lipinski definition) is 1. The van der Waals surface area contributed by atoms with E-state index in [-0.39, 0.29) is 10.6 Å². The van der Waals surface area contributed by atoms with Crippen molar-refractivity contribution in [1.82, 2.24) is 0 Å². The normalized spacial score (nSPS) is 53.4. The molecule has 0 radical (unpaired) electrons. The molecule has 0 saturated carbocycles. The zero-order chi connectivity index (χ0) is 7.19. The Labute approximate surface area is 67.4 Å². The van der Waals surface area contributed by atoms with Gasteiger partial charge in [0.2, 0.25) is 0 Å². The van der Waals surface area contributed by atoms with Crippen LogP contribution in [0.1, 0.15) is 6.42 Å². The third kappa shape index (κ3) is 0.763. The van der Waals surface area contributed by atoms with Crippen LogP contribution in [-0.2, 0) is 9.47 Å². The molecule has 0 aromatic rings. The number of aliphatic hydroxyl groups excluding tert-OH is 1. The number of fused-ring (bicyclic) bond motifs is 1. The van der Waals surface area contributed by atoms with E-state index in [1.165, 1.54) is 0 Å². The first kappa shape index (κ1) is 7.03. The Morgan fingerprint density at radius 1 is 1.50 bits per heavy atom. The molecule has 2 aliphatic rings. The summed E-state index contributed by atoms with van der Waals surface area (Å²) < 4.78 is 10.1. The van der Waals surface area contributed by atoms with Crippen LogP contribution >= 0.6 is 15.9 Å². The molecule has 3 atom stereocenters. The van der Waals surface area contributed by atoms with E-state index in [1.807, 2.05) is 0 Å². The zero-order valence-electron chi connectivity index (χ0n) is 5.42. The average Bonchev–Trinajstić information content (AvgIpc) is 2.36. The summed E-state index contributed by atoms with van der Waals surface area (Å²) in [5.74, 6) is 0. The van der Waals surface area contributed by atoms with Gasteiger partial charge in [0.05, 0.1) is 19.3 Å². The average molecular weight is 209 g/mol. The molecule has 0 aromatic carbocycles. The minimum atomic E-state index is -0.417. The second kappa shape index (κ2) is 2.17. The Kier molecular flexibility index (Phi) is 1.53. The van der Waals surface area contributed by atoms with Gasteiger partial charge in [0.15, 0.2) is 6.29 Å². The third-order valence-corrected chi connectivity index (χ3v) is 3.40. The molecule has 0 bridgehead atoms. The van der Waals surface area contributed by atoms with Crippen LogP contribution in [0.4, 0.5) is 0 Å². The zero-order valence-corrected chi connectivity index (χ0v) is 7.00. The van der Waals surface area contributed by atoms with Crippen LogP contribution in [0.25, 0.3) is 0 Å². The molecule has 10 heavy (non-hydrogen) atoms. The maximum absolute atomic E-state index is 9.41. The van der Waals surface area contributed by atoms with Crippen molar-refractivity contribution < 1.29 is 14.6 Å². The van der Waals surface area contributed by atoms with E-state index < -0.39 is 6.10 Å². The standard InChI is InChI=1S/C6H9BrO3/c7-6-1-2-9-5(6)10-3-4(6)8/h4-5,8H,1-3H2/t4-,5-,6-/m0/s1. The van der Waals surface area contributed by atoms with Crippen molar-refractivity contribution in [2.45, 2.75) is 23.1 Å². The van der Waals surface area contributed by atoms with Gasteiger partial charge in [0, 0.05) is 0 Å². The molecule has 0 amide bonds. The molecule has 3 nitrogen and oxygen atoms in total. The summed E-state index contributed by atoms with van der Waals surface area (Å²) in [6.07, 6.45) is 0.182. The monoisotopic (exact) mass is 208 g/mol. The fourth-order valence-corrected chi connectivity index (χ4v) is 1.96. The topological polar surface area (TPSA) is 38.7 Å². The molecular formula is C6H9BrO3. The molecule has 1 N–H and O–H groups in total. The lowest BCUT2D eigenvalue weighted by atomic mass is 10.0. The smallest absolute Gasteiger partial charge is 0.175 e. The van der Waals surface area contributed by atoms with Gasteiger partial charge in [-0.05, 0) is 6.42 Å². The molecule has 58 valence electrons. The molecule has 2 fully saturated rings. The lowest BCUT2D eigenvalue weighted by molar-refractivity contribution is -0.0861. The van der Waals surface area contributed by atoms with Crippen LogP contribution in [0.3, 0.4) is 0 Å². The van der Waals surface area contributed by atoms with Crippen molar-refractivity contribution in [3.05, 3.63) is 0 Å². The van der Waals surface area contributed by atoms with E-state index in [4.69, 9.17) is 9.47 Å². The van der Waals surface area contributed by atoms with E-state index >= 15 is 0 Å². The summed E-state index contributed by atoms with van der Waals surface area (Å²) in [6, 6.07) is 0. The van der Waals surface area contributed by atoms with Crippen molar-refractivity contribution in [1.29, 1.82) is 0 Å². The third-order valence-electron chi connectivity index (χ3n) is 2.11. The summed E-state index contributed by atoms with van der Waals surface area (Å²) in [5, 5.41) is 9.41. The Morgan fingerprint density at radius 2 is 2.30 bits per heavy atom. The van der Waals surface area contributed by atoms with Crippen molar-refractivity contribution in [3.8, 4) is 0 Å². The Hall–Kier alpha value is 0.360. The minimum Gasteiger partial charge on any atom is -0.389 e. The fourth-order valence-electron chi connectivity index (χ4n) is 1.41. The molecular weight excluding hydrogens is 200 g/mol. The highest BCUT2D eigenvalue weighted by Gasteiger charge is 2.53. The lowest BCUT2D eigenvalue weighted by Crippen LogP contribution is -2.36. The highest BCUT2D eigenvalue weighted by molar-refractivity contribution is 9.10. The van der Waals surface area contributed by atoms with Gasteiger partial charge in [-0.25, -0.2) is 0 Å². The lowest BCUT2D eigenvalue weighted by Gasteiger charge is -2.20. The maximum Gasteiger partial charge on any atom is 0.175 e. The van der Waals surface area contributed by atoms with Crippen LogP contribution in [0.5, 0.6) is 0 Å². The quantitative estimate of drug-likeness (QED) is 0.581. The molecule has 2 saturated heterocycles. The van der Waals surface area contributed by atoms with Crippen LogP contribution < -0.4 is 0 Å². The Morgan fingerprint density at radius 3 is 3.00 bits per heavy atom. The predicted octanol–water partition coefficient (Wildman–Crippen LogP) is 0.258. The van der Waals surface area contributed by atoms with E-state index in [0.717, 1.165) is 6.42 Å². The van der Waals surface area contributed by atoms with E-state index in [2.05, 4.69) is 15.9 Å². The van der Waals surface area contributed by atoms with Crippen LogP contribution in [0.15, 0.2) is 0 Å². The predicted molar refractivity (Wildman–Crippen MR) is 38.0 cm³/mol. The van der Waals surface area contributed by atoms with E-state index in [9.17, 15) is 5.11 Å². The van der Waals surface area contributed by atoms with Crippen LogP contribution in [-0.4, -0.2) is 35.0 Å². The summed E-state index contributed by atoms with van der Waals surface area (Å²) in [7, 11) is 0. The first-order valence-electron chi connectivity index (χ1n) is 3.34. The van der Waals surface area contributed by atoms with Gasteiger partial charge >= 0.3 is 0 Å². The van der Waals surface area contributed by atoms with Gasteiger partial charge in [-0.15, -0.1) is 0 Å². The van der Waals surface area contributed by atoms with Crippen LogP contribution in [0.2, 0.25) is 0 Å². The minimum absolute atomic E-state index is 0.234. The molecule has 2 aliphatic heterocycles. The summed E-state index contributed by atoms with van der Waals surface area (Å²) in [6.45, 7) is 1.06. The molecule has 0 spiro atoms. The highest BCUT2D eigenvalue weighted by atomic mass is 79.9. The van der Waals surface area contributed by atoms with Crippen molar-refractivity contribution in [3.63, 3.8) is 0 Å². The summed E-state index contributed by atoms with van der Waals surface area (Å²) in [5.41, 5.74) is 0. The van der Waals surface area contributed by atoms with Gasteiger partial charge in [-0.1, -0.05) is 15.9 Å². The number of ether oxygens (including phenoxy) is 2. The van der Waals surface area contributed by atoms with E-state index in [0.29, 0.717) is 13.2 Å². The Balaban J connectivity index is 2.21. The van der Waals surface area contributed by atoms with Crippen LogP contribution in [0, 0.1) is 0 Å². The highest BCUT2D eigenvalue weighted by Crippen LogP contribution is 2.42. The molecule has 0 aromatic heterocycles. The number of rotatable bonds is 0.